The molecule has 1 N–H and O–H groups in total. The van der Waals surface area contributed by atoms with Crippen molar-refractivity contribution in [2.75, 3.05) is 16.2 Å². The molecule has 4 aromatic rings. The van der Waals surface area contributed by atoms with E-state index in [1.54, 1.807) is 12.1 Å². The van der Waals surface area contributed by atoms with Crippen molar-refractivity contribution < 1.29 is 8.42 Å². The molecule has 0 unspecified atom stereocenters. The number of benzene rings is 3. The van der Waals surface area contributed by atoms with Gasteiger partial charge in [0.15, 0.2) is 11.6 Å². The lowest BCUT2D eigenvalue weighted by molar-refractivity contribution is 0.601. The summed E-state index contributed by atoms with van der Waals surface area (Å²) in [6.07, 6.45) is 1.91. The van der Waals surface area contributed by atoms with Gasteiger partial charge in [-0.05, 0) is 60.9 Å². The third-order valence-corrected chi connectivity index (χ3v) is 6.88. The van der Waals surface area contributed by atoms with Crippen LogP contribution in [-0.4, -0.2) is 24.9 Å². The smallest absolute Gasteiger partial charge is 0.263 e. The maximum Gasteiger partial charge on any atom is 0.263 e. The Labute approximate surface area is 185 Å². The van der Waals surface area contributed by atoms with Gasteiger partial charge in [0, 0.05) is 17.3 Å². The van der Waals surface area contributed by atoms with Crippen molar-refractivity contribution in [1.82, 2.24) is 9.97 Å². The highest BCUT2D eigenvalue weighted by atomic mass is 35.5. The fourth-order valence-electron chi connectivity index (χ4n) is 3.80. The first-order chi connectivity index (χ1) is 15.0. The number of halogens is 1. The first kappa shape index (κ1) is 19.8. The first-order valence-electron chi connectivity index (χ1n) is 9.92. The number of fused-ring (bicyclic) bond motifs is 2. The molecule has 0 saturated carbocycles. The van der Waals surface area contributed by atoms with Crippen molar-refractivity contribution in [1.29, 1.82) is 0 Å². The number of nitrogens with one attached hydrogen (secondary N) is 1. The zero-order valence-corrected chi connectivity index (χ0v) is 18.1. The summed E-state index contributed by atoms with van der Waals surface area (Å²) < 4.78 is 28.8. The van der Waals surface area contributed by atoms with Crippen LogP contribution in [0.4, 0.5) is 17.3 Å². The summed E-state index contributed by atoms with van der Waals surface area (Å²) in [5, 5.41) is 0.468. The summed E-state index contributed by atoms with van der Waals surface area (Å²) in [4.78, 5) is 11.6. The van der Waals surface area contributed by atoms with Crippen molar-refractivity contribution >= 4 is 50.0 Å². The summed E-state index contributed by atoms with van der Waals surface area (Å²) in [5.41, 5.74) is 3.54. The van der Waals surface area contributed by atoms with Gasteiger partial charge in [0.1, 0.15) is 0 Å². The SMILES string of the molecule is O=S(=O)(Nc1nc2ccccc2nc1N1CCCc2ccccc21)c1ccc(Cl)cc1. The molecule has 2 heterocycles. The van der Waals surface area contributed by atoms with E-state index in [1.165, 1.54) is 17.7 Å². The lowest BCUT2D eigenvalue weighted by Gasteiger charge is -2.31. The molecule has 3 aromatic carbocycles. The fraction of sp³-hybridized carbons (Fsp3) is 0.130. The number of nitrogens with zero attached hydrogens (tertiary/aromatic N) is 3. The Morgan fingerprint density at radius 3 is 2.32 bits per heavy atom. The van der Waals surface area contributed by atoms with Gasteiger partial charge in [-0.2, -0.15) is 0 Å². The standard InChI is InChI=1S/C23H19ClN4O2S/c24-17-11-13-18(14-12-17)31(29,30)27-22-23(26-20-9-3-2-8-19(20)25-22)28-15-5-7-16-6-1-4-10-21(16)28/h1-4,6,8-14H,5,7,15H2,(H,25,27). The average Bonchev–Trinajstić information content (AvgIpc) is 2.78. The van der Waals surface area contributed by atoms with Gasteiger partial charge in [-0.3, -0.25) is 4.72 Å². The zero-order chi connectivity index (χ0) is 21.4. The van der Waals surface area contributed by atoms with E-state index < -0.39 is 10.0 Å². The van der Waals surface area contributed by atoms with Gasteiger partial charge < -0.3 is 4.90 Å². The van der Waals surface area contributed by atoms with Gasteiger partial charge in [0.2, 0.25) is 0 Å². The Morgan fingerprint density at radius 1 is 0.871 bits per heavy atom. The molecule has 0 saturated heterocycles. The van der Waals surface area contributed by atoms with Gasteiger partial charge in [-0.15, -0.1) is 0 Å². The number of anilines is 3. The topological polar surface area (TPSA) is 75.2 Å². The van der Waals surface area contributed by atoms with E-state index >= 15 is 0 Å². The lowest BCUT2D eigenvalue weighted by atomic mass is 10.0. The third-order valence-electron chi connectivity index (χ3n) is 5.27. The van der Waals surface area contributed by atoms with Crippen LogP contribution in [0, 0.1) is 0 Å². The van der Waals surface area contributed by atoms with E-state index in [1.807, 2.05) is 47.4 Å². The van der Waals surface area contributed by atoms with Crippen LogP contribution >= 0.6 is 11.6 Å². The summed E-state index contributed by atoms with van der Waals surface area (Å²) in [6, 6.07) is 21.6. The maximum absolute atomic E-state index is 13.1. The summed E-state index contributed by atoms with van der Waals surface area (Å²) in [5.74, 6) is 0.689. The molecular weight excluding hydrogens is 432 g/mol. The van der Waals surface area contributed by atoms with E-state index in [4.69, 9.17) is 16.6 Å². The number of sulfonamides is 1. The second kappa shape index (κ2) is 7.83. The van der Waals surface area contributed by atoms with E-state index in [9.17, 15) is 8.42 Å². The fourth-order valence-corrected chi connectivity index (χ4v) is 4.93. The monoisotopic (exact) mass is 450 g/mol. The van der Waals surface area contributed by atoms with Crippen molar-refractivity contribution in [3.8, 4) is 0 Å². The Bertz CT molecular complexity index is 1370. The number of hydrogen-bond donors (Lipinski definition) is 1. The Balaban J connectivity index is 1.65. The third kappa shape index (κ3) is 3.82. The number of aryl methyl sites for hydroxylation is 1. The quantitative estimate of drug-likeness (QED) is 0.464. The molecule has 0 aliphatic carbocycles. The molecule has 1 aromatic heterocycles. The van der Waals surface area contributed by atoms with Crippen molar-refractivity contribution in [3.05, 3.63) is 83.4 Å². The predicted molar refractivity (Wildman–Crippen MR) is 124 cm³/mol. The van der Waals surface area contributed by atoms with Crippen LogP contribution in [0.1, 0.15) is 12.0 Å². The maximum atomic E-state index is 13.1. The van der Waals surface area contributed by atoms with E-state index in [-0.39, 0.29) is 10.7 Å². The number of para-hydroxylation sites is 3. The Kier molecular flexibility index (Phi) is 5.00. The van der Waals surface area contributed by atoms with Crippen molar-refractivity contribution in [2.24, 2.45) is 0 Å². The number of hydrogen-bond acceptors (Lipinski definition) is 5. The second-order valence-electron chi connectivity index (χ2n) is 7.33. The highest BCUT2D eigenvalue weighted by Crippen LogP contribution is 2.37. The van der Waals surface area contributed by atoms with Gasteiger partial charge in [0.05, 0.1) is 15.9 Å². The molecule has 5 rings (SSSR count). The zero-order valence-electron chi connectivity index (χ0n) is 16.5. The molecule has 0 spiro atoms. The highest BCUT2D eigenvalue weighted by molar-refractivity contribution is 7.92. The van der Waals surface area contributed by atoms with Crippen LogP contribution in [0.15, 0.2) is 77.7 Å². The molecule has 0 bridgehead atoms. The molecule has 31 heavy (non-hydrogen) atoms. The minimum atomic E-state index is -3.88. The van der Waals surface area contributed by atoms with Crippen LogP contribution < -0.4 is 9.62 Å². The van der Waals surface area contributed by atoms with E-state index in [0.29, 0.717) is 21.9 Å². The van der Waals surface area contributed by atoms with Crippen LogP contribution in [0.2, 0.25) is 5.02 Å². The summed E-state index contributed by atoms with van der Waals surface area (Å²) >= 11 is 5.92. The highest BCUT2D eigenvalue weighted by Gasteiger charge is 2.25. The molecule has 8 heteroatoms. The van der Waals surface area contributed by atoms with Crippen LogP contribution in [0.25, 0.3) is 11.0 Å². The molecule has 0 atom stereocenters. The van der Waals surface area contributed by atoms with Gasteiger partial charge in [0.25, 0.3) is 10.0 Å². The van der Waals surface area contributed by atoms with Crippen LogP contribution in [0.5, 0.6) is 0 Å². The number of rotatable bonds is 4. The minimum absolute atomic E-state index is 0.108. The molecule has 6 nitrogen and oxygen atoms in total. The molecule has 1 aliphatic heterocycles. The molecule has 1 aliphatic rings. The van der Waals surface area contributed by atoms with Crippen molar-refractivity contribution in [2.45, 2.75) is 17.7 Å². The molecular formula is C23H19ClN4O2S. The normalized spacial score (nSPS) is 13.8. The molecule has 0 fully saturated rings. The Hall–Kier alpha value is -3.16. The summed E-state index contributed by atoms with van der Waals surface area (Å²) in [6.45, 7) is 0.722. The van der Waals surface area contributed by atoms with Gasteiger partial charge in [-0.25, -0.2) is 18.4 Å². The largest absolute Gasteiger partial charge is 0.323 e. The summed E-state index contributed by atoms with van der Waals surface area (Å²) in [7, 11) is -3.88. The number of aromatic nitrogens is 2. The Morgan fingerprint density at radius 2 is 1.55 bits per heavy atom. The molecule has 156 valence electrons. The van der Waals surface area contributed by atoms with E-state index in [2.05, 4.69) is 15.8 Å². The van der Waals surface area contributed by atoms with Crippen LogP contribution in [-0.2, 0) is 16.4 Å². The molecule has 0 amide bonds. The lowest BCUT2D eigenvalue weighted by Crippen LogP contribution is -2.27. The first-order valence-corrected chi connectivity index (χ1v) is 11.8. The minimum Gasteiger partial charge on any atom is -0.323 e. The predicted octanol–water partition coefficient (Wildman–Crippen LogP) is 5.17. The van der Waals surface area contributed by atoms with Crippen molar-refractivity contribution in [3.63, 3.8) is 0 Å². The second-order valence-corrected chi connectivity index (χ2v) is 9.45. The van der Waals surface area contributed by atoms with E-state index in [0.717, 1.165) is 25.1 Å². The van der Waals surface area contributed by atoms with Crippen LogP contribution in [0.3, 0.4) is 0 Å². The van der Waals surface area contributed by atoms with Gasteiger partial charge in [-0.1, -0.05) is 41.9 Å². The molecule has 0 radical (unpaired) electrons. The van der Waals surface area contributed by atoms with Gasteiger partial charge >= 0.3 is 0 Å². The average molecular weight is 451 g/mol.